The third kappa shape index (κ3) is 3.68. The van der Waals surface area contributed by atoms with E-state index in [2.05, 4.69) is 19.1 Å². The van der Waals surface area contributed by atoms with Crippen LogP contribution in [0, 0.1) is 0 Å². The molecule has 0 saturated carbocycles. The van der Waals surface area contributed by atoms with Crippen LogP contribution in [-0.4, -0.2) is 15.9 Å². The number of rotatable bonds is 4. The molecule has 13 heavy (non-hydrogen) atoms. The summed E-state index contributed by atoms with van der Waals surface area (Å²) >= 11 is -2.69. The molecule has 1 aromatic rings. The molecule has 0 amide bonds. The summed E-state index contributed by atoms with van der Waals surface area (Å²) in [4.78, 5) is 0. The minimum absolute atomic E-state index is 1.01. The predicted molar refractivity (Wildman–Crippen MR) is 63.3 cm³/mol. The minimum atomic E-state index is -2.69. The fraction of sp³-hybridized carbons (Fsp3) is 0.400. The molecular weight excluding hydrogens is 319 g/mol. The van der Waals surface area contributed by atoms with E-state index < -0.39 is 15.9 Å². The summed E-state index contributed by atoms with van der Waals surface area (Å²) in [5.41, 5.74) is 0. The third-order valence-corrected chi connectivity index (χ3v) is 11.3. The van der Waals surface area contributed by atoms with E-state index in [0.717, 1.165) is 10.9 Å². The fourth-order valence-electron chi connectivity index (χ4n) is 1.06. The first-order valence-electron chi connectivity index (χ1n) is 4.42. The van der Waals surface area contributed by atoms with Crippen LogP contribution in [0.1, 0.15) is 19.8 Å². The SMILES string of the molecule is CCCC[Te](Cl)(Cl)c1ccccc1. The number of hydrogen-bond donors (Lipinski definition) is 0. The van der Waals surface area contributed by atoms with Gasteiger partial charge in [0.15, 0.2) is 0 Å². The maximum absolute atomic E-state index is 6.40. The Balaban J connectivity index is 2.69. The molecule has 3 heteroatoms. The quantitative estimate of drug-likeness (QED) is 0.739. The third-order valence-electron chi connectivity index (χ3n) is 1.84. The number of halogens is 2. The molecule has 74 valence electrons. The first-order chi connectivity index (χ1) is 6.17. The van der Waals surface area contributed by atoms with Gasteiger partial charge in [0, 0.05) is 0 Å². The van der Waals surface area contributed by atoms with Gasteiger partial charge in [-0.1, -0.05) is 0 Å². The molecule has 0 N–H and O–H groups in total. The maximum atomic E-state index is 6.40. The van der Waals surface area contributed by atoms with Crippen molar-refractivity contribution in [2.45, 2.75) is 24.2 Å². The molecule has 1 rings (SSSR count). The summed E-state index contributed by atoms with van der Waals surface area (Å²) in [5, 5.41) is 0. The van der Waals surface area contributed by atoms with Crippen molar-refractivity contribution in [3.05, 3.63) is 30.3 Å². The molecule has 0 saturated heterocycles. The Morgan fingerprint density at radius 3 is 2.31 bits per heavy atom. The second-order valence-electron chi connectivity index (χ2n) is 2.95. The molecular formula is C10H14Cl2Te. The van der Waals surface area contributed by atoms with Crippen LogP contribution in [-0.2, 0) is 0 Å². The molecule has 0 spiro atoms. The zero-order chi connectivity index (χ0) is 9.73. The summed E-state index contributed by atoms with van der Waals surface area (Å²) in [6.45, 7) is 2.16. The van der Waals surface area contributed by atoms with Crippen molar-refractivity contribution in [3.8, 4) is 0 Å². The van der Waals surface area contributed by atoms with E-state index in [-0.39, 0.29) is 0 Å². The second kappa shape index (κ2) is 5.47. The summed E-state index contributed by atoms with van der Waals surface area (Å²) < 4.78 is 2.19. The van der Waals surface area contributed by atoms with E-state index >= 15 is 0 Å². The molecule has 0 aliphatic rings. The van der Waals surface area contributed by atoms with Gasteiger partial charge in [0.2, 0.25) is 0 Å². The van der Waals surface area contributed by atoms with Gasteiger partial charge in [0.25, 0.3) is 0 Å². The van der Waals surface area contributed by atoms with Crippen molar-refractivity contribution in [1.29, 1.82) is 0 Å². The van der Waals surface area contributed by atoms with Gasteiger partial charge in [-0.25, -0.2) is 0 Å². The Morgan fingerprint density at radius 1 is 1.15 bits per heavy atom. The Morgan fingerprint density at radius 2 is 1.77 bits per heavy atom. The first kappa shape index (κ1) is 11.7. The monoisotopic (exact) mass is 334 g/mol. The molecule has 0 aliphatic carbocycles. The van der Waals surface area contributed by atoms with Crippen molar-refractivity contribution >= 4 is 37.5 Å². The van der Waals surface area contributed by atoms with E-state index in [1.165, 1.54) is 10.0 Å². The van der Waals surface area contributed by atoms with E-state index in [1.54, 1.807) is 0 Å². The molecule has 0 nitrogen and oxygen atoms in total. The number of hydrogen-bond acceptors (Lipinski definition) is 0. The molecule has 0 aliphatic heterocycles. The Labute approximate surface area is 91.5 Å². The summed E-state index contributed by atoms with van der Waals surface area (Å²) in [7, 11) is 12.8. The van der Waals surface area contributed by atoms with Crippen LogP contribution < -0.4 is 3.61 Å². The fourth-order valence-corrected chi connectivity index (χ4v) is 8.02. The van der Waals surface area contributed by atoms with Gasteiger partial charge in [-0.05, 0) is 0 Å². The van der Waals surface area contributed by atoms with Crippen molar-refractivity contribution in [2.75, 3.05) is 0 Å². The predicted octanol–water partition coefficient (Wildman–Crippen LogP) is 3.61. The summed E-state index contributed by atoms with van der Waals surface area (Å²) in [6.07, 6.45) is 2.31. The zero-order valence-corrected chi connectivity index (χ0v) is 11.5. The number of unbranched alkanes of at least 4 members (excludes halogenated alkanes) is 1. The molecule has 0 unspecified atom stereocenters. The van der Waals surface area contributed by atoms with Crippen molar-refractivity contribution in [1.82, 2.24) is 0 Å². The standard InChI is InChI=1S/C10H14Cl2Te/c1-2-3-9-13(11,12)10-7-5-4-6-8-10/h4-8H,2-3,9H2,1H3. The molecule has 0 bridgehead atoms. The average molecular weight is 333 g/mol. The van der Waals surface area contributed by atoms with Gasteiger partial charge >= 0.3 is 92.0 Å². The van der Waals surface area contributed by atoms with Gasteiger partial charge in [-0.3, -0.25) is 0 Å². The van der Waals surface area contributed by atoms with Crippen molar-refractivity contribution < 1.29 is 0 Å². The van der Waals surface area contributed by atoms with Crippen molar-refractivity contribution in [3.63, 3.8) is 0 Å². The summed E-state index contributed by atoms with van der Waals surface area (Å²) in [5.74, 6) is 0. The zero-order valence-electron chi connectivity index (χ0n) is 7.67. The van der Waals surface area contributed by atoms with Crippen LogP contribution in [0.3, 0.4) is 0 Å². The van der Waals surface area contributed by atoms with Crippen LogP contribution in [0.2, 0.25) is 4.47 Å². The van der Waals surface area contributed by atoms with Crippen LogP contribution in [0.25, 0.3) is 0 Å². The Bertz CT molecular complexity index is 246. The Hall–Kier alpha value is 0.590. The van der Waals surface area contributed by atoms with Crippen molar-refractivity contribution in [2.24, 2.45) is 0 Å². The average Bonchev–Trinajstić information content (AvgIpc) is 2.16. The Kier molecular flexibility index (Phi) is 4.90. The molecule has 1 aromatic carbocycles. The molecule has 0 atom stereocenters. The molecule has 0 radical (unpaired) electrons. The van der Waals surface area contributed by atoms with Gasteiger partial charge in [-0.2, -0.15) is 0 Å². The van der Waals surface area contributed by atoms with Gasteiger partial charge < -0.3 is 0 Å². The van der Waals surface area contributed by atoms with Crippen LogP contribution in [0.15, 0.2) is 30.3 Å². The molecule has 0 fully saturated rings. The second-order valence-corrected chi connectivity index (χ2v) is 16.9. The first-order valence-corrected chi connectivity index (χ1v) is 13.1. The van der Waals surface area contributed by atoms with Crippen LogP contribution in [0.5, 0.6) is 0 Å². The van der Waals surface area contributed by atoms with E-state index in [1.807, 2.05) is 18.2 Å². The van der Waals surface area contributed by atoms with E-state index in [4.69, 9.17) is 17.9 Å². The van der Waals surface area contributed by atoms with Crippen LogP contribution >= 0.6 is 17.9 Å². The van der Waals surface area contributed by atoms with E-state index in [9.17, 15) is 0 Å². The topological polar surface area (TPSA) is 0 Å². The molecule has 0 heterocycles. The van der Waals surface area contributed by atoms with Gasteiger partial charge in [0.05, 0.1) is 0 Å². The van der Waals surface area contributed by atoms with E-state index in [0.29, 0.717) is 0 Å². The van der Waals surface area contributed by atoms with Crippen LogP contribution in [0.4, 0.5) is 0 Å². The van der Waals surface area contributed by atoms with Gasteiger partial charge in [-0.15, -0.1) is 0 Å². The normalized spacial score (nSPS) is 12.8. The molecule has 0 aromatic heterocycles. The summed E-state index contributed by atoms with van der Waals surface area (Å²) in [6, 6.07) is 10.1. The number of benzene rings is 1. The van der Waals surface area contributed by atoms with Gasteiger partial charge in [0.1, 0.15) is 0 Å².